The van der Waals surface area contributed by atoms with Crippen molar-refractivity contribution in [3.8, 4) is 0 Å². The lowest BCUT2D eigenvalue weighted by Gasteiger charge is -2.57. The molecule has 1 heterocycles. The molecule has 4 bridgehead atoms. The number of nitrogens with zero attached hydrogens (tertiary/aromatic N) is 1. The molecule has 3 nitrogen and oxygen atoms in total. The van der Waals surface area contributed by atoms with Gasteiger partial charge in [-0.25, -0.2) is 0 Å². The van der Waals surface area contributed by atoms with E-state index in [9.17, 15) is 4.79 Å². The van der Waals surface area contributed by atoms with Gasteiger partial charge in [-0.1, -0.05) is 12.1 Å². The fraction of sp³-hybridized carbons (Fsp3) is 0.708. The number of anilines is 1. The standard InChI is InChI=1S/C24H34N2O/c1-26-8-6-17(7-9-26)13-23(27)25-22-4-2-21(3-5-22)24-14-18-10-19(15-24)12-20(11-18)16-24/h2-5,17-20H,6-16H2,1H3,(H,25,27). The van der Waals surface area contributed by atoms with Gasteiger partial charge in [0.15, 0.2) is 0 Å². The van der Waals surface area contributed by atoms with Gasteiger partial charge in [0.1, 0.15) is 0 Å². The van der Waals surface area contributed by atoms with Crippen LogP contribution in [0.3, 0.4) is 0 Å². The minimum Gasteiger partial charge on any atom is -0.326 e. The number of carbonyl (C=O) groups is 1. The number of rotatable bonds is 4. The molecular formula is C24H34N2O. The second-order valence-corrected chi connectivity index (χ2v) is 10.3. The number of hydrogen-bond acceptors (Lipinski definition) is 2. The van der Waals surface area contributed by atoms with Crippen LogP contribution >= 0.6 is 0 Å². The molecule has 1 saturated heterocycles. The van der Waals surface area contributed by atoms with E-state index >= 15 is 0 Å². The van der Waals surface area contributed by atoms with E-state index < -0.39 is 0 Å². The van der Waals surface area contributed by atoms with Gasteiger partial charge in [0.25, 0.3) is 0 Å². The predicted octanol–water partition coefficient (Wildman–Crippen LogP) is 4.82. The molecule has 3 heteroatoms. The highest BCUT2D eigenvalue weighted by Gasteiger charge is 2.51. The zero-order chi connectivity index (χ0) is 18.4. The van der Waals surface area contributed by atoms with Crippen LogP contribution in [0.15, 0.2) is 24.3 Å². The first-order valence-corrected chi connectivity index (χ1v) is 11.2. The molecule has 146 valence electrons. The lowest BCUT2D eigenvalue weighted by Crippen LogP contribution is -2.48. The van der Waals surface area contributed by atoms with Gasteiger partial charge in [-0.3, -0.25) is 4.79 Å². The first-order valence-electron chi connectivity index (χ1n) is 11.2. The summed E-state index contributed by atoms with van der Waals surface area (Å²) in [6, 6.07) is 8.94. The van der Waals surface area contributed by atoms with Crippen molar-refractivity contribution in [1.29, 1.82) is 0 Å². The van der Waals surface area contributed by atoms with Crippen LogP contribution in [-0.2, 0) is 10.2 Å². The second kappa shape index (κ2) is 6.92. The highest BCUT2D eigenvalue weighted by atomic mass is 16.1. The van der Waals surface area contributed by atoms with Crippen molar-refractivity contribution in [3.05, 3.63) is 29.8 Å². The van der Waals surface area contributed by atoms with Crippen molar-refractivity contribution in [3.63, 3.8) is 0 Å². The van der Waals surface area contributed by atoms with Crippen molar-refractivity contribution in [1.82, 2.24) is 4.90 Å². The lowest BCUT2D eigenvalue weighted by molar-refractivity contribution is -0.117. The Morgan fingerprint density at radius 2 is 1.56 bits per heavy atom. The lowest BCUT2D eigenvalue weighted by atomic mass is 9.48. The van der Waals surface area contributed by atoms with Gasteiger partial charge in [0.05, 0.1) is 0 Å². The fourth-order valence-electron chi connectivity index (χ4n) is 7.11. The average Bonchev–Trinajstić information content (AvgIpc) is 2.63. The minimum absolute atomic E-state index is 0.187. The molecule has 0 unspecified atom stereocenters. The predicted molar refractivity (Wildman–Crippen MR) is 110 cm³/mol. The van der Waals surface area contributed by atoms with Crippen LogP contribution in [0.2, 0.25) is 0 Å². The molecule has 4 aliphatic carbocycles. The number of nitrogens with one attached hydrogen (secondary N) is 1. The van der Waals surface area contributed by atoms with E-state index in [0.717, 1.165) is 49.4 Å². The molecule has 0 atom stereocenters. The topological polar surface area (TPSA) is 32.3 Å². The monoisotopic (exact) mass is 366 g/mol. The Labute approximate surface area is 163 Å². The highest BCUT2D eigenvalue weighted by Crippen LogP contribution is 2.60. The zero-order valence-electron chi connectivity index (χ0n) is 16.8. The number of amides is 1. The summed E-state index contributed by atoms with van der Waals surface area (Å²) in [4.78, 5) is 14.8. The van der Waals surface area contributed by atoms with Crippen molar-refractivity contribution in [2.45, 2.75) is 63.2 Å². The number of benzene rings is 1. The zero-order valence-corrected chi connectivity index (χ0v) is 16.8. The first-order chi connectivity index (χ1) is 13.1. The van der Waals surface area contributed by atoms with Gasteiger partial charge in [0, 0.05) is 12.1 Å². The van der Waals surface area contributed by atoms with Crippen molar-refractivity contribution in [2.75, 3.05) is 25.5 Å². The van der Waals surface area contributed by atoms with Gasteiger partial charge in [-0.2, -0.15) is 0 Å². The summed E-state index contributed by atoms with van der Waals surface area (Å²) < 4.78 is 0. The van der Waals surface area contributed by atoms with E-state index in [-0.39, 0.29) is 5.91 Å². The smallest absolute Gasteiger partial charge is 0.224 e. The van der Waals surface area contributed by atoms with Crippen LogP contribution in [0, 0.1) is 23.7 Å². The second-order valence-electron chi connectivity index (χ2n) is 10.3. The van der Waals surface area contributed by atoms with Crippen LogP contribution in [0.4, 0.5) is 5.69 Å². The number of piperidine rings is 1. The highest BCUT2D eigenvalue weighted by molar-refractivity contribution is 5.90. The summed E-state index contributed by atoms with van der Waals surface area (Å²) in [5.74, 6) is 3.67. The number of carbonyl (C=O) groups excluding carboxylic acids is 1. The molecule has 27 heavy (non-hydrogen) atoms. The van der Waals surface area contributed by atoms with Gasteiger partial charge >= 0.3 is 0 Å². The third kappa shape index (κ3) is 3.55. The Kier molecular flexibility index (Phi) is 4.54. The van der Waals surface area contributed by atoms with E-state index in [4.69, 9.17) is 0 Å². The Bertz CT molecular complexity index is 652. The van der Waals surface area contributed by atoms with Crippen LogP contribution < -0.4 is 5.32 Å². The Morgan fingerprint density at radius 3 is 2.11 bits per heavy atom. The van der Waals surface area contributed by atoms with Gasteiger partial charge in [-0.15, -0.1) is 0 Å². The maximum absolute atomic E-state index is 12.4. The maximum atomic E-state index is 12.4. The summed E-state index contributed by atoms with van der Waals surface area (Å²) in [7, 11) is 2.17. The van der Waals surface area contributed by atoms with Crippen molar-refractivity contribution >= 4 is 11.6 Å². The molecule has 1 aromatic rings. The van der Waals surface area contributed by atoms with Crippen LogP contribution in [0.5, 0.6) is 0 Å². The van der Waals surface area contributed by atoms with E-state index in [1.165, 1.54) is 44.1 Å². The largest absolute Gasteiger partial charge is 0.326 e. The van der Waals surface area contributed by atoms with Crippen LogP contribution in [-0.4, -0.2) is 30.9 Å². The molecule has 0 radical (unpaired) electrons. The summed E-state index contributed by atoms with van der Waals surface area (Å²) in [5.41, 5.74) is 2.96. The summed E-state index contributed by atoms with van der Waals surface area (Å²) in [6.07, 6.45) is 11.6. The van der Waals surface area contributed by atoms with Crippen molar-refractivity contribution in [2.24, 2.45) is 23.7 Å². The molecule has 6 rings (SSSR count). The summed E-state index contributed by atoms with van der Waals surface area (Å²) in [6.45, 7) is 2.25. The van der Waals surface area contributed by atoms with Crippen molar-refractivity contribution < 1.29 is 4.79 Å². The van der Waals surface area contributed by atoms with E-state index in [0.29, 0.717) is 17.8 Å². The average molecular weight is 367 g/mol. The van der Waals surface area contributed by atoms with E-state index in [1.807, 2.05) is 0 Å². The molecular weight excluding hydrogens is 332 g/mol. The van der Waals surface area contributed by atoms with Gasteiger partial charge in [-0.05, 0) is 118 Å². The first kappa shape index (κ1) is 17.7. The summed E-state index contributed by atoms with van der Waals surface area (Å²) in [5, 5.41) is 3.15. The van der Waals surface area contributed by atoms with Crippen LogP contribution in [0.25, 0.3) is 0 Å². The molecule has 5 fully saturated rings. The molecule has 0 aromatic heterocycles. The van der Waals surface area contributed by atoms with E-state index in [1.54, 1.807) is 0 Å². The molecule has 1 N–H and O–H groups in total. The van der Waals surface area contributed by atoms with E-state index in [2.05, 4.69) is 41.5 Å². The number of likely N-dealkylation sites (tertiary alicyclic amines) is 1. The minimum atomic E-state index is 0.187. The summed E-state index contributed by atoms with van der Waals surface area (Å²) >= 11 is 0. The molecule has 5 aliphatic rings. The molecule has 1 aromatic carbocycles. The SMILES string of the molecule is CN1CCC(CC(=O)Nc2ccc(C34CC5CC(CC(C5)C3)C4)cc2)CC1. The third-order valence-electron chi connectivity index (χ3n) is 8.13. The maximum Gasteiger partial charge on any atom is 0.224 e. The Hall–Kier alpha value is -1.35. The molecule has 1 aliphatic heterocycles. The molecule has 4 saturated carbocycles. The van der Waals surface area contributed by atoms with Gasteiger partial charge in [0.2, 0.25) is 5.91 Å². The quantitative estimate of drug-likeness (QED) is 0.828. The normalized spacial score (nSPS) is 36.1. The molecule has 0 spiro atoms. The fourth-order valence-corrected chi connectivity index (χ4v) is 7.11. The Morgan fingerprint density at radius 1 is 1.00 bits per heavy atom. The Balaban J connectivity index is 1.21. The van der Waals surface area contributed by atoms with Gasteiger partial charge < -0.3 is 10.2 Å². The third-order valence-corrected chi connectivity index (χ3v) is 8.13. The molecule has 1 amide bonds. The number of hydrogen-bond donors (Lipinski definition) is 1. The van der Waals surface area contributed by atoms with Crippen LogP contribution in [0.1, 0.15) is 63.4 Å².